The van der Waals surface area contributed by atoms with Crippen molar-refractivity contribution in [1.29, 1.82) is 0 Å². The first-order chi connectivity index (χ1) is 12.2. The number of carbonyl (C=O) groups excluding carboxylic acids is 2. The summed E-state index contributed by atoms with van der Waals surface area (Å²) >= 11 is 0. The molecule has 26 heavy (non-hydrogen) atoms. The summed E-state index contributed by atoms with van der Waals surface area (Å²) in [7, 11) is 4.57. The van der Waals surface area contributed by atoms with Crippen LogP contribution in [-0.4, -0.2) is 62.8 Å². The lowest BCUT2D eigenvalue weighted by atomic mass is 9.68. The summed E-state index contributed by atoms with van der Waals surface area (Å²) in [6, 6.07) is 0. The van der Waals surface area contributed by atoms with E-state index in [1.807, 2.05) is 20.8 Å². The van der Waals surface area contributed by atoms with Crippen molar-refractivity contribution in [3.8, 4) is 0 Å². The first-order valence-electron chi connectivity index (χ1n) is 9.14. The number of methoxy groups -OCH3 is 3. The molecule has 1 saturated heterocycles. The highest BCUT2D eigenvalue weighted by Crippen LogP contribution is 2.50. The van der Waals surface area contributed by atoms with Gasteiger partial charge in [-0.15, -0.1) is 0 Å². The molecular weight excluding hydrogens is 340 g/mol. The van der Waals surface area contributed by atoms with Crippen LogP contribution < -0.4 is 0 Å². The van der Waals surface area contributed by atoms with Crippen molar-refractivity contribution in [2.45, 2.75) is 77.0 Å². The summed E-state index contributed by atoms with van der Waals surface area (Å²) in [5, 5.41) is 10.6. The molecule has 1 aliphatic rings. The van der Waals surface area contributed by atoms with Gasteiger partial charge < -0.3 is 28.8 Å². The van der Waals surface area contributed by atoms with Crippen LogP contribution in [0.15, 0.2) is 0 Å². The second kappa shape index (κ2) is 9.78. The molecule has 0 saturated carbocycles. The molecule has 0 aromatic rings. The fourth-order valence-electron chi connectivity index (χ4n) is 4.02. The van der Waals surface area contributed by atoms with Gasteiger partial charge in [-0.05, 0) is 12.8 Å². The van der Waals surface area contributed by atoms with Crippen LogP contribution in [0.2, 0.25) is 0 Å². The Balaban J connectivity index is 3.05. The first kappa shape index (κ1) is 23.0. The third-order valence-corrected chi connectivity index (χ3v) is 5.79. The Morgan fingerprint density at radius 2 is 2.04 bits per heavy atom. The molecule has 0 aliphatic carbocycles. The number of carbonyl (C=O) groups is 2. The van der Waals surface area contributed by atoms with Gasteiger partial charge in [-0.25, -0.2) is 0 Å². The van der Waals surface area contributed by atoms with Crippen LogP contribution in [0, 0.1) is 11.3 Å². The fraction of sp³-hybridized carbons (Fsp3) is 0.895. The van der Waals surface area contributed by atoms with Gasteiger partial charge >= 0.3 is 5.97 Å². The van der Waals surface area contributed by atoms with Gasteiger partial charge in [0.15, 0.2) is 5.79 Å². The maximum absolute atomic E-state index is 11.4. The van der Waals surface area contributed by atoms with Crippen LogP contribution >= 0.6 is 0 Å². The molecule has 0 bridgehead atoms. The third-order valence-electron chi connectivity index (χ3n) is 5.79. The zero-order valence-corrected chi connectivity index (χ0v) is 16.8. The van der Waals surface area contributed by atoms with Crippen molar-refractivity contribution < 1.29 is 33.6 Å². The fourth-order valence-corrected chi connectivity index (χ4v) is 4.02. The van der Waals surface area contributed by atoms with Crippen LogP contribution in [-0.2, 0) is 28.5 Å². The van der Waals surface area contributed by atoms with Crippen LogP contribution in [0.5, 0.6) is 0 Å². The molecule has 0 unspecified atom stereocenters. The topological polar surface area (TPSA) is 91.3 Å². The zero-order chi connectivity index (χ0) is 20.0. The number of rotatable bonds is 10. The number of aldehydes is 1. The molecular formula is C19H34O7. The highest BCUT2D eigenvalue weighted by molar-refractivity contribution is 5.68. The van der Waals surface area contributed by atoms with E-state index in [0.29, 0.717) is 32.0 Å². The van der Waals surface area contributed by atoms with Crippen LogP contribution in [0.25, 0.3) is 0 Å². The maximum Gasteiger partial charge on any atom is 0.305 e. The Bertz CT molecular complexity index is 465. The molecule has 7 nitrogen and oxygen atoms in total. The smallest absolute Gasteiger partial charge is 0.305 e. The lowest BCUT2D eigenvalue weighted by Crippen LogP contribution is -2.65. The van der Waals surface area contributed by atoms with Crippen molar-refractivity contribution in [1.82, 2.24) is 0 Å². The quantitative estimate of drug-likeness (QED) is 0.462. The monoisotopic (exact) mass is 374 g/mol. The molecule has 1 N–H and O–H groups in total. The van der Waals surface area contributed by atoms with E-state index in [9.17, 15) is 14.7 Å². The molecule has 152 valence electrons. The van der Waals surface area contributed by atoms with Crippen LogP contribution in [0.3, 0.4) is 0 Å². The molecule has 1 aliphatic heterocycles. The molecule has 1 rings (SSSR count). The molecule has 7 heteroatoms. The predicted molar refractivity (Wildman–Crippen MR) is 95.5 cm³/mol. The van der Waals surface area contributed by atoms with Gasteiger partial charge in [0.25, 0.3) is 0 Å². The van der Waals surface area contributed by atoms with Gasteiger partial charge in [-0.3, -0.25) is 4.79 Å². The average Bonchev–Trinajstić information content (AvgIpc) is 2.62. The minimum Gasteiger partial charge on any atom is -0.469 e. The largest absolute Gasteiger partial charge is 0.469 e. The Labute approximate surface area is 156 Å². The SMILES string of the molecule is COC(=O)CCC[C@H]1C[C@@H](OC)[C@@H](C)[C@@](OC)(C(C)(C)[C@@H](O)CC=O)O1. The molecule has 5 atom stereocenters. The maximum atomic E-state index is 11.4. The van der Waals surface area contributed by atoms with Crippen molar-refractivity contribution >= 4 is 12.3 Å². The standard InChI is InChI=1S/C19H34O7/c1-13-15(23-4)12-14(8-7-9-17(22)24-5)26-19(13,25-6)18(2,3)16(21)10-11-20/h11,13-16,21H,7-10,12H2,1-6H3/t13-,14+,15-,16+,19+/m1/s1. The molecule has 0 aromatic carbocycles. The van der Waals surface area contributed by atoms with E-state index in [-0.39, 0.29) is 30.5 Å². The summed E-state index contributed by atoms with van der Waals surface area (Å²) in [6.07, 6.45) is 1.71. The van der Waals surface area contributed by atoms with Crippen LogP contribution in [0.1, 0.15) is 52.9 Å². The van der Waals surface area contributed by atoms with E-state index in [2.05, 4.69) is 4.74 Å². The molecule has 1 fully saturated rings. The van der Waals surface area contributed by atoms with Gasteiger partial charge in [0, 0.05) is 44.8 Å². The van der Waals surface area contributed by atoms with Gasteiger partial charge in [0.2, 0.25) is 0 Å². The molecule has 0 spiro atoms. The summed E-state index contributed by atoms with van der Waals surface area (Å²) < 4.78 is 22.6. The van der Waals surface area contributed by atoms with Gasteiger partial charge in [0.1, 0.15) is 6.29 Å². The average molecular weight is 374 g/mol. The second-order valence-corrected chi connectivity index (χ2v) is 7.52. The second-order valence-electron chi connectivity index (χ2n) is 7.52. The van der Waals surface area contributed by atoms with Crippen molar-refractivity contribution in [3.05, 3.63) is 0 Å². The Morgan fingerprint density at radius 3 is 2.54 bits per heavy atom. The Kier molecular flexibility index (Phi) is 8.66. The van der Waals surface area contributed by atoms with Crippen molar-refractivity contribution in [3.63, 3.8) is 0 Å². The summed E-state index contributed by atoms with van der Waals surface area (Å²) in [5.74, 6) is -1.53. The number of esters is 1. The molecule has 0 radical (unpaired) electrons. The predicted octanol–water partition coefficient (Wildman–Crippen LogP) is 2.09. The van der Waals surface area contributed by atoms with E-state index in [1.165, 1.54) is 7.11 Å². The number of aliphatic hydroxyl groups excluding tert-OH is 1. The van der Waals surface area contributed by atoms with Crippen molar-refractivity contribution in [2.75, 3.05) is 21.3 Å². The highest BCUT2D eigenvalue weighted by atomic mass is 16.7. The molecule has 1 heterocycles. The minimum atomic E-state index is -1.12. The first-order valence-corrected chi connectivity index (χ1v) is 9.14. The van der Waals surface area contributed by atoms with Crippen LogP contribution in [0.4, 0.5) is 0 Å². The summed E-state index contributed by atoms with van der Waals surface area (Å²) in [5.41, 5.74) is -0.847. The summed E-state index contributed by atoms with van der Waals surface area (Å²) in [4.78, 5) is 22.3. The van der Waals surface area contributed by atoms with Gasteiger partial charge in [0.05, 0.1) is 25.4 Å². The third kappa shape index (κ3) is 4.63. The van der Waals surface area contributed by atoms with E-state index >= 15 is 0 Å². The van der Waals surface area contributed by atoms with Gasteiger partial charge in [-0.2, -0.15) is 0 Å². The normalized spacial score (nSPS) is 30.7. The molecule has 0 aromatic heterocycles. The Hall–Kier alpha value is -1.02. The van der Waals surface area contributed by atoms with E-state index < -0.39 is 17.3 Å². The van der Waals surface area contributed by atoms with E-state index in [4.69, 9.17) is 14.2 Å². The van der Waals surface area contributed by atoms with Gasteiger partial charge in [-0.1, -0.05) is 20.8 Å². The Morgan fingerprint density at radius 1 is 1.38 bits per heavy atom. The number of hydrogen-bond donors (Lipinski definition) is 1. The molecule has 0 amide bonds. The lowest BCUT2D eigenvalue weighted by molar-refractivity contribution is -0.371. The number of ether oxygens (including phenoxy) is 4. The zero-order valence-electron chi connectivity index (χ0n) is 16.8. The highest BCUT2D eigenvalue weighted by Gasteiger charge is 2.59. The van der Waals surface area contributed by atoms with E-state index in [0.717, 1.165) is 0 Å². The number of hydrogen-bond acceptors (Lipinski definition) is 7. The lowest BCUT2D eigenvalue weighted by Gasteiger charge is -2.56. The minimum absolute atomic E-state index is 0.00114. The van der Waals surface area contributed by atoms with Crippen molar-refractivity contribution in [2.24, 2.45) is 11.3 Å². The summed E-state index contributed by atoms with van der Waals surface area (Å²) in [6.45, 7) is 5.65. The number of aliphatic hydroxyl groups is 1. The van der Waals surface area contributed by atoms with E-state index in [1.54, 1.807) is 14.2 Å².